The van der Waals surface area contributed by atoms with Gasteiger partial charge in [0.05, 0.1) is 10.6 Å². The molecule has 0 heterocycles. The zero-order valence-electron chi connectivity index (χ0n) is 25.8. The Labute approximate surface area is 280 Å². The molecule has 1 atom stereocenters. The largest absolute Gasteiger partial charge is 0.354 e. The Morgan fingerprint density at radius 3 is 2.04 bits per heavy atom. The molecule has 0 aliphatic rings. The zero-order chi connectivity index (χ0) is 33.4. The summed E-state index contributed by atoms with van der Waals surface area (Å²) >= 11 is 13.1. The van der Waals surface area contributed by atoms with Crippen molar-refractivity contribution in [2.75, 3.05) is 17.4 Å². The number of hydrogen-bond acceptors (Lipinski definition) is 4. The van der Waals surface area contributed by atoms with Crippen molar-refractivity contribution in [3.05, 3.63) is 130 Å². The van der Waals surface area contributed by atoms with Crippen LogP contribution >= 0.6 is 23.2 Å². The molecule has 0 aliphatic heterocycles. The molecule has 0 radical (unpaired) electrons. The van der Waals surface area contributed by atoms with Gasteiger partial charge in [0.2, 0.25) is 11.8 Å². The van der Waals surface area contributed by atoms with Gasteiger partial charge in [-0.05, 0) is 66.9 Å². The minimum Gasteiger partial charge on any atom is -0.354 e. The van der Waals surface area contributed by atoms with Gasteiger partial charge in [0.15, 0.2) is 0 Å². The maximum absolute atomic E-state index is 14.5. The molecule has 242 valence electrons. The molecule has 2 amide bonds. The SMILES string of the molecule is Cc1ccc(N(CC(=O)N(Cc2c(Cl)cccc2Cl)[C@@H](Cc2ccccc2)C(=O)NCC(C)C)S(=O)(=O)c2ccc(F)cc2)cc1. The first-order chi connectivity index (χ1) is 21.9. The summed E-state index contributed by atoms with van der Waals surface area (Å²) in [5.74, 6) is -1.53. The van der Waals surface area contributed by atoms with Gasteiger partial charge in [-0.2, -0.15) is 0 Å². The summed E-state index contributed by atoms with van der Waals surface area (Å²) in [5, 5.41) is 3.52. The molecule has 4 aromatic carbocycles. The molecule has 0 fully saturated rings. The number of halogens is 3. The fourth-order valence-electron chi connectivity index (χ4n) is 4.80. The monoisotopic (exact) mass is 683 g/mol. The van der Waals surface area contributed by atoms with Crippen molar-refractivity contribution in [3.8, 4) is 0 Å². The van der Waals surface area contributed by atoms with E-state index in [1.807, 2.05) is 51.1 Å². The lowest BCUT2D eigenvalue weighted by Gasteiger charge is -2.34. The molecule has 1 N–H and O–H groups in total. The van der Waals surface area contributed by atoms with Crippen LogP contribution < -0.4 is 9.62 Å². The van der Waals surface area contributed by atoms with E-state index in [0.29, 0.717) is 22.2 Å². The van der Waals surface area contributed by atoms with Crippen molar-refractivity contribution in [3.63, 3.8) is 0 Å². The van der Waals surface area contributed by atoms with Crippen LogP contribution in [0.3, 0.4) is 0 Å². The molecule has 7 nitrogen and oxygen atoms in total. The Kier molecular flexibility index (Phi) is 11.8. The van der Waals surface area contributed by atoms with Crippen molar-refractivity contribution >= 4 is 50.7 Å². The second-order valence-electron chi connectivity index (χ2n) is 11.4. The molecule has 0 aromatic heterocycles. The van der Waals surface area contributed by atoms with Gasteiger partial charge in [0, 0.05) is 35.1 Å². The van der Waals surface area contributed by atoms with Gasteiger partial charge in [0.25, 0.3) is 10.0 Å². The number of anilines is 1. The number of sulfonamides is 1. The highest BCUT2D eigenvalue weighted by atomic mass is 35.5. The first-order valence-corrected chi connectivity index (χ1v) is 17.0. The van der Waals surface area contributed by atoms with Crippen molar-refractivity contribution < 1.29 is 22.4 Å². The summed E-state index contributed by atoms with van der Waals surface area (Å²) in [6.07, 6.45) is 0.147. The third kappa shape index (κ3) is 8.87. The molecular formula is C35H36Cl2FN3O4S. The molecule has 0 saturated carbocycles. The van der Waals surface area contributed by atoms with E-state index in [0.717, 1.165) is 39.7 Å². The smallest absolute Gasteiger partial charge is 0.264 e. The summed E-state index contributed by atoms with van der Waals surface area (Å²) in [5.41, 5.74) is 2.32. The molecular weight excluding hydrogens is 648 g/mol. The summed E-state index contributed by atoms with van der Waals surface area (Å²) in [6.45, 7) is 5.31. The van der Waals surface area contributed by atoms with E-state index in [1.165, 1.54) is 4.90 Å². The zero-order valence-corrected chi connectivity index (χ0v) is 28.1. The molecule has 46 heavy (non-hydrogen) atoms. The van der Waals surface area contributed by atoms with Crippen LogP contribution in [0.2, 0.25) is 10.0 Å². The first kappa shape index (κ1) is 34.9. The average Bonchev–Trinajstić information content (AvgIpc) is 3.02. The molecule has 0 bridgehead atoms. The second-order valence-corrected chi connectivity index (χ2v) is 14.0. The standard InChI is InChI=1S/C35H36Cl2FN3O4S/c1-24(2)21-39-35(43)33(20-26-8-5-4-6-9-26)40(22-30-31(36)10-7-11-32(30)37)34(42)23-41(28-16-12-25(3)13-17-28)46(44,45)29-18-14-27(38)15-19-29/h4-19,24,33H,20-23H2,1-3H3,(H,39,43)/t33-/m0/s1. The quantitative estimate of drug-likeness (QED) is 0.164. The highest BCUT2D eigenvalue weighted by molar-refractivity contribution is 7.92. The maximum Gasteiger partial charge on any atom is 0.264 e. The van der Waals surface area contributed by atoms with Crippen LogP contribution in [0.5, 0.6) is 0 Å². The molecule has 0 unspecified atom stereocenters. The molecule has 4 aromatic rings. The number of benzene rings is 4. The van der Waals surface area contributed by atoms with E-state index in [2.05, 4.69) is 5.32 Å². The van der Waals surface area contributed by atoms with Crippen molar-refractivity contribution in [1.82, 2.24) is 10.2 Å². The Balaban J connectivity index is 1.83. The fraction of sp³-hybridized carbons (Fsp3) is 0.257. The van der Waals surface area contributed by atoms with Crippen LogP contribution in [0.15, 0.2) is 102 Å². The van der Waals surface area contributed by atoms with Gasteiger partial charge in [-0.3, -0.25) is 13.9 Å². The third-order valence-electron chi connectivity index (χ3n) is 7.35. The molecule has 4 rings (SSSR count). The summed E-state index contributed by atoms with van der Waals surface area (Å²) < 4.78 is 42.8. The lowest BCUT2D eigenvalue weighted by molar-refractivity contribution is -0.140. The van der Waals surface area contributed by atoms with Crippen LogP contribution in [-0.2, 0) is 32.6 Å². The number of carbonyl (C=O) groups is 2. The summed E-state index contributed by atoms with van der Waals surface area (Å²) in [4.78, 5) is 29.5. The third-order valence-corrected chi connectivity index (χ3v) is 9.84. The first-order valence-electron chi connectivity index (χ1n) is 14.8. The Bertz CT molecular complexity index is 1730. The predicted molar refractivity (Wildman–Crippen MR) is 181 cm³/mol. The van der Waals surface area contributed by atoms with Crippen molar-refractivity contribution in [2.45, 2.75) is 44.7 Å². The minimum atomic E-state index is -4.36. The van der Waals surface area contributed by atoms with E-state index in [1.54, 1.807) is 42.5 Å². The Hall–Kier alpha value is -3.92. The summed E-state index contributed by atoms with van der Waals surface area (Å²) in [7, 11) is -4.36. The van der Waals surface area contributed by atoms with Gasteiger partial charge in [-0.1, -0.05) is 91.1 Å². The number of carbonyl (C=O) groups excluding carboxylic acids is 2. The van der Waals surface area contributed by atoms with E-state index in [9.17, 15) is 22.4 Å². The minimum absolute atomic E-state index is 0.140. The van der Waals surface area contributed by atoms with E-state index in [4.69, 9.17) is 23.2 Å². The Morgan fingerprint density at radius 1 is 0.848 bits per heavy atom. The van der Waals surface area contributed by atoms with Gasteiger partial charge in [-0.15, -0.1) is 0 Å². The van der Waals surface area contributed by atoms with E-state index >= 15 is 0 Å². The summed E-state index contributed by atoms with van der Waals surface area (Å²) in [6, 6.07) is 24.1. The normalized spacial score (nSPS) is 12.1. The van der Waals surface area contributed by atoms with E-state index in [-0.39, 0.29) is 29.5 Å². The number of amides is 2. The van der Waals surface area contributed by atoms with Crippen LogP contribution in [0.1, 0.15) is 30.5 Å². The number of nitrogens with zero attached hydrogens (tertiary/aromatic N) is 2. The van der Waals surface area contributed by atoms with E-state index < -0.39 is 40.2 Å². The van der Waals surface area contributed by atoms with Gasteiger partial charge >= 0.3 is 0 Å². The molecule has 0 spiro atoms. The lowest BCUT2D eigenvalue weighted by atomic mass is 10.0. The number of rotatable bonds is 13. The van der Waals surface area contributed by atoms with Crippen LogP contribution in [0.25, 0.3) is 0 Å². The second kappa shape index (κ2) is 15.6. The van der Waals surface area contributed by atoms with Gasteiger partial charge in [-0.25, -0.2) is 12.8 Å². The molecule has 0 aliphatic carbocycles. The lowest BCUT2D eigenvalue weighted by Crippen LogP contribution is -2.53. The van der Waals surface area contributed by atoms with Crippen LogP contribution in [-0.4, -0.2) is 44.3 Å². The molecule has 11 heteroatoms. The highest BCUT2D eigenvalue weighted by Crippen LogP contribution is 2.29. The Morgan fingerprint density at radius 2 is 1.46 bits per heavy atom. The number of aryl methyl sites for hydroxylation is 1. The molecule has 0 saturated heterocycles. The van der Waals surface area contributed by atoms with Crippen molar-refractivity contribution in [1.29, 1.82) is 0 Å². The van der Waals surface area contributed by atoms with Crippen molar-refractivity contribution in [2.24, 2.45) is 5.92 Å². The fourth-order valence-corrected chi connectivity index (χ4v) is 6.73. The van der Waals surface area contributed by atoms with Crippen LogP contribution in [0, 0.1) is 18.7 Å². The predicted octanol–water partition coefficient (Wildman–Crippen LogP) is 7.05. The highest BCUT2D eigenvalue weighted by Gasteiger charge is 2.35. The van der Waals surface area contributed by atoms with Crippen LogP contribution in [0.4, 0.5) is 10.1 Å². The maximum atomic E-state index is 14.5. The average molecular weight is 685 g/mol. The van der Waals surface area contributed by atoms with Gasteiger partial charge < -0.3 is 10.2 Å². The number of nitrogens with one attached hydrogen (secondary N) is 1. The topological polar surface area (TPSA) is 86.8 Å². The van der Waals surface area contributed by atoms with Gasteiger partial charge in [0.1, 0.15) is 18.4 Å². The number of hydrogen-bond donors (Lipinski definition) is 1.